The lowest BCUT2D eigenvalue weighted by molar-refractivity contribution is -0.129. The van der Waals surface area contributed by atoms with Crippen LogP contribution in [-0.4, -0.2) is 24.0 Å². The Morgan fingerprint density at radius 1 is 1.47 bits per heavy atom. The van der Waals surface area contributed by atoms with Gasteiger partial charge in [-0.15, -0.1) is 0 Å². The zero-order valence-corrected chi connectivity index (χ0v) is 10.5. The molecule has 5 nitrogen and oxygen atoms in total. The number of anilines is 1. The van der Waals surface area contributed by atoms with E-state index in [-0.39, 0.29) is 23.2 Å². The molecule has 1 aliphatic rings. The fourth-order valence-corrected chi connectivity index (χ4v) is 1.52. The number of hydrogen-bond acceptors (Lipinski definition) is 4. The van der Waals surface area contributed by atoms with E-state index < -0.39 is 17.9 Å². The van der Waals surface area contributed by atoms with Crippen LogP contribution in [-0.2, 0) is 9.53 Å². The van der Waals surface area contributed by atoms with Crippen molar-refractivity contribution in [2.45, 2.75) is 31.9 Å². The van der Waals surface area contributed by atoms with E-state index >= 15 is 0 Å². The summed E-state index contributed by atoms with van der Waals surface area (Å²) >= 11 is 0. The number of nitrogens with one attached hydrogen (secondary N) is 1. The lowest BCUT2D eigenvalue weighted by Crippen LogP contribution is -2.37. The minimum Gasteiger partial charge on any atom is -0.449 e. The summed E-state index contributed by atoms with van der Waals surface area (Å²) in [7, 11) is 0. The van der Waals surface area contributed by atoms with Crippen LogP contribution in [0, 0.1) is 5.82 Å². The van der Waals surface area contributed by atoms with E-state index in [0.29, 0.717) is 0 Å². The lowest BCUT2D eigenvalue weighted by atomic mass is 10.2. The quantitative estimate of drug-likeness (QED) is 0.634. The number of hydrogen-bond donors (Lipinski definition) is 2. The Labute approximate surface area is 109 Å². The zero-order valence-electron chi connectivity index (χ0n) is 10.5. The van der Waals surface area contributed by atoms with Crippen LogP contribution in [0.5, 0.6) is 0 Å². The van der Waals surface area contributed by atoms with Gasteiger partial charge in [-0.05, 0) is 38.0 Å². The Hall–Kier alpha value is -2.11. The normalized spacial score (nSPS) is 15.7. The maximum atomic E-state index is 13.4. The fraction of sp³-hybridized carbons (Fsp3) is 0.385. The molecule has 0 radical (unpaired) electrons. The number of rotatable bonds is 4. The first-order chi connectivity index (χ1) is 8.97. The molecule has 6 heteroatoms. The van der Waals surface area contributed by atoms with Gasteiger partial charge in [0.05, 0.1) is 5.56 Å². The van der Waals surface area contributed by atoms with Gasteiger partial charge in [0.15, 0.2) is 6.10 Å². The minimum atomic E-state index is -0.964. The van der Waals surface area contributed by atoms with Crippen LogP contribution < -0.4 is 11.1 Å². The summed E-state index contributed by atoms with van der Waals surface area (Å²) in [6, 6.07) is 3.79. The Kier molecular flexibility index (Phi) is 3.69. The molecule has 19 heavy (non-hydrogen) atoms. The van der Waals surface area contributed by atoms with E-state index in [4.69, 9.17) is 10.5 Å². The second-order valence-electron chi connectivity index (χ2n) is 4.57. The molecule has 1 amide bonds. The van der Waals surface area contributed by atoms with Gasteiger partial charge >= 0.3 is 5.97 Å². The topological polar surface area (TPSA) is 81.4 Å². The van der Waals surface area contributed by atoms with Crippen LogP contribution in [0.3, 0.4) is 0 Å². The first-order valence-corrected chi connectivity index (χ1v) is 6.03. The van der Waals surface area contributed by atoms with E-state index in [1.54, 1.807) is 0 Å². The summed E-state index contributed by atoms with van der Waals surface area (Å²) in [6.45, 7) is 1.44. The molecule has 1 fully saturated rings. The van der Waals surface area contributed by atoms with E-state index in [1.165, 1.54) is 19.1 Å². The van der Waals surface area contributed by atoms with Gasteiger partial charge in [-0.25, -0.2) is 9.18 Å². The van der Waals surface area contributed by atoms with Crippen molar-refractivity contribution < 1.29 is 18.7 Å². The highest BCUT2D eigenvalue weighted by Crippen LogP contribution is 2.19. The third-order valence-electron chi connectivity index (χ3n) is 2.79. The smallest absolute Gasteiger partial charge is 0.341 e. The van der Waals surface area contributed by atoms with E-state index in [9.17, 15) is 14.0 Å². The Morgan fingerprint density at radius 2 is 2.16 bits per heavy atom. The summed E-state index contributed by atoms with van der Waals surface area (Å²) < 4.78 is 18.4. The molecule has 0 spiro atoms. The molecule has 1 aromatic rings. The Bertz CT molecular complexity index is 515. The maximum Gasteiger partial charge on any atom is 0.341 e. The number of carbonyl (C=O) groups excluding carboxylic acids is 2. The molecule has 102 valence electrons. The molecule has 0 heterocycles. The van der Waals surface area contributed by atoms with Crippen molar-refractivity contribution in [1.29, 1.82) is 0 Å². The number of halogens is 1. The van der Waals surface area contributed by atoms with Crippen LogP contribution in [0.1, 0.15) is 30.1 Å². The molecule has 1 aromatic carbocycles. The van der Waals surface area contributed by atoms with Crippen LogP contribution in [0.2, 0.25) is 0 Å². The number of nitrogen functional groups attached to an aromatic ring is 1. The van der Waals surface area contributed by atoms with Crippen molar-refractivity contribution in [1.82, 2.24) is 5.32 Å². The Morgan fingerprint density at radius 3 is 2.79 bits per heavy atom. The molecule has 0 aliphatic heterocycles. The third-order valence-corrected chi connectivity index (χ3v) is 2.79. The number of esters is 1. The van der Waals surface area contributed by atoms with Crippen LogP contribution >= 0.6 is 0 Å². The van der Waals surface area contributed by atoms with Gasteiger partial charge < -0.3 is 15.8 Å². The third kappa shape index (κ3) is 3.43. The molecule has 1 unspecified atom stereocenters. The van der Waals surface area contributed by atoms with Gasteiger partial charge in [0, 0.05) is 11.7 Å². The molecule has 2 rings (SSSR count). The first kappa shape index (κ1) is 13.3. The summed E-state index contributed by atoms with van der Waals surface area (Å²) in [5, 5.41) is 2.70. The van der Waals surface area contributed by atoms with Crippen molar-refractivity contribution in [3.05, 3.63) is 29.6 Å². The molecule has 3 N–H and O–H groups in total. The monoisotopic (exact) mass is 266 g/mol. The van der Waals surface area contributed by atoms with Crippen LogP contribution in [0.4, 0.5) is 10.1 Å². The summed E-state index contributed by atoms with van der Waals surface area (Å²) in [5.74, 6) is -2.00. The highest BCUT2D eigenvalue weighted by molar-refractivity contribution is 5.93. The van der Waals surface area contributed by atoms with Gasteiger partial charge in [-0.1, -0.05) is 0 Å². The highest BCUT2D eigenvalue weighted by Gasteiger charge is 2.27. The van der Waals surface area contributed by atoms with Crippen LogP contribution in [0.25, 0.3) is 0 Å². The summed E-state index contributed by atoms with van der Waals surface area (Å²) in [5.41, 5.74) is 5.46. The van der Waals surface area contributed by atoms with Gasteiger partial charge in [-0.2, -0.15) is 0 Å². The predicted octanol–water partition coefficient (Wildman–Crippen LogP) is 1.23. The van der Waals surface area contributed by atoms with Gasteiger partial charge in [0.1, 0.15) is 5.82 Å². The number of carbonyl (C=O) groups is 2. The van der Waals surface area contributed by atoms with Crippen molar-refractivity contribution >= 4 is 17.6 Å². The van der Waals surface area contributed by atoms with Gasteiger partial charge in [0.2, 0.25) is 0 Å². The fourth-order valence-electron chi connectivity index (χ4n) is 1.52. The van der Waals surface area contributed by atoms with Crippen molar-refractivity contribution in [3.63, 3.8) is 0 Å². The SMILES string of the molecule is CC(OC(=O)c1cc(N)ccc1F)C(=O)NC1CC1. The molecule has 1 aliphatic carbocycles. The molecular formula is C13H15FN2O3. The maximum absolute atomic E-state index is 13.4. The number of ether oxygens (including phenoxy) is 1. The summed E-state index contributed by atoms with van der Waals surface area (Å²) in [4.78, 5) is 23.3. The van der Waals surface area contributed by atoms with Gasteiger partial charge in [0.25, 0.3) is 5.91 Å². The average Bonchev–Trinajstić information content (AvgIpc) is 3.15. The highest BCUT2D eigenvalue weighted by atomic mass is 19.1. The largest absolute Gasteiger partial charge is 0.449 e. The molecule has 0 saturated heterocycles. The van der Waals surface area contributed by atoms with Crippen LogP contribution in [0.15, 0.2) is 18.2 Å². The van der Waals surface area contributed by atoms with E-state index in [0.717, 1.165) is 18.9 Å². The summed E-state index contributed by atoms with van der Waals surface area (Å²) in [6.07, 6.45) is 0.918. The van der Waals surface area contributed by atoms with Crippen molar-refractivity contribution in [2.24, 2.45) is 0 Å². The Balaban J connectivity index is 1.99. The first-order valence-electron chi connectivity index (χ1n) is 6.03. The lowest BCUT2D eigenvalue weighted by Gasteiger charge is -2.13. The molecule has 0 aromatic heterocycles. The number of benzene rings is 1. The van der Waals surface area contributed by atoms with Crippen molar-refractivity contribution in [2.75, 3.05) is 5.73 Å². The predicted molar refractivity (Wildman–Crippen MR) is 66.9 cm³/mol. The zero-order chi connectivity index (χ0) is 14.0. The van der Waals surface area contributed by atoms with E-state index in [2.05, 4.69) is 5.32 Å². The standard InChI is InChI=1S/C13H15FN2O3/c1-7(12(17)16-9-3-4-9)19-13(18)10-6-8(15)2-5-11(10)14/h2,5-7,9H,3-4,15H2,1H3,(H,16,17). The average molecular weight is 266 g/mol. The van der Waals surface area contributed by atoms with Gasteiger partial charge in [-0.3, -0.25) is 4.79 Å². The molecular weight excluding hydrogens is 251 g/mol. The molecule has 0 bridgehead atoms. The molecule has 1 atom stereocenters. The number of nitrogens with two attached hydrogens (primary N) is 1. The minimum absolute atomic E-state index is 0.178. The van der Waals surface area contributed by atoms with Crippen molar-refractivity contribution in [3.8, 4) is 0 Å². The number of amides is 1. The second-order valence-corrected chi connectivity index (χ2v) is 4.57. The second kappa shape index (κ2) is 5.26. The molecule has 1 saturated carbocycles. The van der Waals surface area contributed by atoms with E-state index in [1.807, 2.05) is 0 Å².